The average molecular weight is 428 g/mol. The van der Waals surface area contributed by atoms with Crippen molar-refractivity contribution in [1.82, 2.24) is 15.3 Å². The first-order valence-electron chi connectivity index (χ1n) is 10.6. The van der Waals surface area contributed by atoms with Gasteiger partial charge in [-0.3, -0.25) is 4.79 Å². The number of hydrogen-bond acceptors (Lipinski definition) is 6. The molecule has 1 unspecified atom stereocenters. The lowest BCUT2D eigenvalue weighted by Gasteiger charge is -2.36. The van der Waals surface area contributed by atoms with E-state index < -0.39 is 17.6 Å². The number of hydrogen-bond donors (Lipinski definition) is 2. The lowest BCUT2D eigenvalue weighted by atomic mass is 9.90. The monoisotopic (exact) mass is 428 g/mol. The number of aliphatic hydroxyl groups excluding tert-OH is 1. The van der Waals surface area contributed by atoms with Crippen LogP contribution in [0.4, 0.5) is 14.7 Å². The van der Waals surface area contributed by atoms with Crippen LogP contribution in [0.15, 0.2) is 18.2 Å². The fourth-order valence-corrected chi connectivity index (χ4v) is 5.24. The van der Waals surface area contributed by atoms with E-state index in [2.05, 4.69) is 15.3 Å². The molecule has 3 heterocycles. The van der Waals surface area contributed by atoms with Crippen molar-refractivity contribution in [2.45, 2.75) is 43.2 Å². The van der Waals surface area contributed by atoms with Crippen molar-refractivity contribution in [1.29, 1.82) is 0 Å². The maximum absolute atomic E-state index is 14.6. The number of aromatic nitrogens is 2. The van der Waals surface area contributed by atoms with E-state index in [0.29, 0.717) is 31.0 Å². The minimum absolute atomic E-state index is 0.0738. The van der Waals surface area contributed by atoms with Gasteiger partial charge in [0.2, 0.25) is 11.9 Å². The molecular formula is C22H22F2N4O3. The largest absolute Gasteiger partial charge is 0.389 e. The smallest absolute Gasteiger partial charge is 0.290 e. The van der Waals surface area contributed by atoms with E-state index >= 15 is 0 Å². The summed E-state index contributed by atoms with van der Waals surface area (Å²) in [6.07, 6.45) is 0.986. The molecule has 1 amide bonds. The number of alkyl halides is 2. The van der Waals surface area contributed by atoms with E-state index in [1.165, 1.54) is 0 Å². The molecule has 6 rings (SSSR count). The first-order chi connectivity index (χ1) is 14.8. The average Bonchev–Trinajstić information content (AvgIpc) is 3.22. The molecule has 2 N–H and O–H groups in total. The molecule has 1 spiro atoms. The highest BCUT2D eigenvalue weighted by Crippen LogP contribution is 2.46. The van der Waals surface area contributed by atoms with Gasteiger partial charge >= 0.3 is 0 Å². The molecule has 2 aromatic rings. The van der Waals surface area contributed by atoms with Gasteiger partial charge in [0.1, 0.15) is 12.3 Å². The Morgan fingerprint density at radius 1 is 1.19 bits per heavy atom. The zero-order valence-electron chi connectivity index (χ0n) is 16.8. The van der Waals surface area contributed by atoms with Gasteiger partial charge < -0.3 is 20.1 Å². The third-order valence-corrected chi connectivity index (χ3v) is 6.85. The number of morpholine rings is 1. The molecule has 1 atom stereocenters. The Bertz CT molecular complexity index is 1100. The molecule has 2 fully saturated rings. The summed E-state index contributed by atoms with van der Waals surface area (Å²) < 4.78 is 34.6. The summed E-state index contributed by atoms with van der Waals surface area (Å²) in [5.41, 5.74) is 3.19. The van der Waals surface area contributed by atoms with E-state index in [-0.39, 0.29) is 37.0 Å². The maximum atomic E-state index is 14.6. The molecule has 0 bridgehead atoms. The van der Waals surface area contributed by atoms with Crippen molar-refractivity contribution >= 4 is 11.9 Å². The molecule has 0 saturated carbocycles. The van der Waals surface area contributed by atoms with Gasteiger partial charge in [-0.25, -0.2) is 9.97 Å². The Morgan fingerprint density at radius 2 is 2.03 bits per heavy atom. The summed E-state index contributed by atoms with van der Waals surface area (Å²) in [5.74, 6) is -2.86. The second-order valence-electron chi connectivity index (χ2n) is 8.96. The highest BCUT2D eigenvalue weighted by molar-refractivity contribution is 5.79. The van der Waals surface area contributed by atoms with Crippen LogP contribution in [0.2, 0.25) is 0 Å². The van der Waals surface area contributed by atoms with E-state index in [4.69, 9.17) is 4.74 Å². The first kappa shape index (κ1) is 19.1. The highest BCUT2D eigenvalue weighted by Gasteiger charge is 2.45. The number of fused-ring (bicyclic) bond motifs is 3. The van der Waals surface area contributed by atoms with Gasteiger partial charge in [-0.1, -0.05) is 12.1 Å². The van der Waals surface area contributed by atoms with Crippen LogP contribution in [0.3, 0.4) is 0 Å². The normalized spacial score (nSPS) is 26.5. The van der Waals surface area contributed by atoms with Gasteiger partial charge in [0.25, 0.3) is 5.92 Å². The topological polar surface area (TPSA) is 87.6 Å². The summed E-state index contributed by atoms with van der Waals surface area (Å²) in [5, 5.41) is 12.7. The van der Waals surface area contributed by atoms with Crippen molar-refractivity contribution in [3.8, 4) is 11.3 Å². The van der Waals surface area contributed by atoms with Gasteiger partial charge in [-0.2, -0.15) is 8.78 Å². The third-order valence-electron chi connectivity index (χ3n) is 6.85. The molecular weight excluding hydrogens is 406 g/mol. The van der Waals surface area contributed by atoms with Crippen LogP contribution in [0.25, 0.3) is 11.3 Å². The lowest BCUT2D eigenvalue weighted by Crippen LogP contribution is -2.53. The number of benzene rings is 1. The molecule has 31 heavy (non-hydrogen) atoms. The summed E-state index contributed by atoms with van der Waals surface area (Å²) in [4.78, 5) is 22.5. The van der Waals surface area contributed by atoms with Gasteiger partial charge in [0, 0.05) is 30.6 Å². The van der Waals surface area contributed by atoms with Gasteiger partial charge in [-0.05, 0) is 36.5 Å². The number of ether oxygens (including phenoxy) is 1. The number of carbonyl (C=O) groups excluding carboxylic acids is 1. The number of aliphatic hydroxyl groups is 1. The van der Waals surface area contributed by atoms with E-state index in [1.807, 2.05) is 18.2 Å². The maximum Gasteiger partial charge on any atom is 0.290 e. The van der Waals surface area contributed by atoms with Crippen LogP contribution in [-0.4, -0.2) is 53.4 Å². The van der Waals surface area contributed by atoms with Crippen LogP contribution in [0.1, 0.15) is 35.2 Å². The Morgan fingerprint density at radius 3 is 2.81 bits per heavy atom. The zero-order valence-corrected chi connectivity index (χ0v) is 16.8. The number of anilines is 1. The standard InChI is InChI=1S/C22H22F2N4O3/c23-22(24)6-4-15-18(25-20(26-19(15)22)28-8-14(29)9-28)13-1-2-16-12(7-13)3-5-21(16)11-31-10-17(30)27-21/h1-2,7,14,29H,3-6,8-11H2,(H,27,30). The van der Waals surface area contributed by atoms with Gasteiger partial charge in [0.05, 0.1) is 23.9 Å². The van der Waals surface area contributed by atoms with Crippen LogP contribution in [-0.2, 0) is 33.8 Å². The van der Waals surface area contributed by atoms with Crippen LogP contribution < -0.4 is 10.2 Å². The Kier molecular flexibility index (Phi) is 3.95. The Hall–Kier alpha value is -2.65. The van der Waals surface area contributed by atoms with Crippen molar-refractivity contribution in [2.75, 3.05) is 31.2 Å². The van der Waals surface area contributed by atoms with E-state index in [1.54, 1.807) is 4.90 Å². The van der Waals surface area contributed by atoms with Crippen molar-refractivity contribution in [2.24, 2.45) is 0 Å². The predicted molar refractivity (Wildman–Crippen MR) is 107 cm³/mol. The number of aryl methyl sites for hydroxylation is 1. The molecule has 7 nitrogen and oxygen atoms in total. The third kappa shape index (κ3) is 2.86. The fourth-order valence-electron chi connectivity index (χ4n) is 5.24. The number of rotatable bonds is 2. The first-order valence-corrected chi connectivity index (χ1v) is 10.6. The van der Waals surface area contributed by atoms with E-state index in [9.17, 15) is 18.7 Å². The van der Waals surface area contributed by atoms with E-state index in [0.717, 1.165) is 29.5 Å². The summed E-state index contributed by atoms with van der Waals surface area (Å²) in [6.45, 7) is 1.19. The van der Waals surface area contributed by atoms with Crippen LogP contribution in [0.5, 0.6) is 0 Å². The highest BCUT2D eigenvalue weighted by atomic mass is 19.3. The quantitative estimate of drug-likeness (QED) is 0.757. The number of halogens is 2. The Labute approximate surface area is 177 Å². The summed E-state index contributed by atoms with van der Waals surface area (Å²) in [7, 11) is 0. The predicted octanol–water partition coefficient (Wildman–Crippen LogP) is 1.65. The molecule has 2 saturated heterocycles. The second kappa shape index (κ2) is 6.43. The molecule has 1 aromatic heterocycles. The number of nitrogens with zero attached hydrogens (tertiary/aromatic N) is 3. The molecule has 2 aliphatic heterocycles. The molecule has 162 valence electrons. The second-order valence-corrected chi connectivity index (χ2v) is 8.96. The van der Waals surface area contributed by atoms with Gasteiger partial charge in [-0.15, -0.1) is 0 Å². The minimum atomic E-state index is -2.98. The Balaban J connectivity index is 1.43. The number of carbonyl (C=O) groups is 1. The zero-order chi connectivity index (χ0) is 21.4. The summed E-state index contributed by atoms with van der Waals surface area (Å²) >= 11 is 0. The van der Waals surface area contributed by atoms with Gasteiger partial charge in [0.15, 0.2) is 0 Å². The fraction of sp³-hybridized carbons (Fsp3) is 0.500. The lowest BCUT2D eigenvalue weighted by molar-refractivity contribution is -0.135. The summed E-state index contributed by atoms with van der Waals surface area (Å²) in [6, 6.07) is 5.85. The molecule has 9 heteroatoms. The van der Waals surface area contributed by atoms with Crippen LogP contribution in [0, 0.1) is 0 Å². The minimum Gasteiger partial charge on any atom is -0.389 e. The van der Waals surface area contributed by atoms with Crippen molar-refractivity contribution in [3.05, 3.63) is 40.6 Å². The molecule has 1 aromatic carbocycles. The number of β-amino-alcohol motifs (C(OH)–C–C–N with tert-alkyl or cyclic N) is 1. The number of nitrogens with one attached hydrogen (secondary N) is 1. The molecule has 4 aliphatic rings. The molecule has 0 radical (unpaired) electrons. The van der Waals surface area contributed by atoms with Crippen molar-refractivity contribution < 1.29 is 23.4 Å². The number of amides is 1. The van der Waals surface area contributed by atoms with Crippen LogP contribution >= 0.6 is 0 Å². The molecule has 2 aliphatic carbocycles. The van der Waals surface area contributed by atoms with Crippen molar-refractivity contribution in [3.63, 3.8) is 0 Å². The SMILES string of the molecule is O=C1COCC2(CCc3cc(-c4nc(N5CC(O)C5)nc5c4CCC5(F)F)ccc32)N1.